The molecule has 1 unspecified atom stereocenters. The van der Waals surface area contributed by atoms with Gasteiger partial charge in [-0.05, 0) is 25.7 Å². The Labute approximate surface area is 148 Å². The molecular weight excluding hydrogens is 318 g/mol. The number of aromatic nitrogens is 3. The fourth-order valence-corrected chi connectivity index (χ4v) is 2.56. The fraction of sp³-hybridized carbons (Fsp3) is 0.632. The summed E-state index contributed by atoms with van der Waals surface area (Å²) in [6.07, 6.45) is 5.20. The van der Waals surface area contributed by atoms with Crippen LogP contribution >= 0.6 is 0 Å². The molecule has 25 heavy (non-hydrogen) atoms. The average molecular weight is 345 g/mol. The highest BCUT2D eigenvalue weighted by atomic mass is 16.5. The quantitative estimate of drug-likeness (QED) is 0.752. The summed E-state index contributed by atoms with van der Waals surface area (Å²) in [4.78, 5) is 9.04. The molecule has 0 N–H and O–H groups in total. The molecule has 0 aromatic carbocycles. The molecule has 0 bridgehead atoms. The minimum Gasteiger partial charge on any atom is -0.490 e. The Kier molecular flexibility index (Phi) is 5.08. The largest absolute Gasteiger partial charge is 0.490 e. The number of nitrogens with zero attached hydrogens (tertiary/aromatic N) is 3. The molecule has 1 atom stereocenters. The van der Waals surface area contributed by atoms with Gasteiger partial charge in [-0.1, -0.05) is 25.9 Å². The number of rotatable bonds is 7. The molecule has 2 aromatic rings. The molecule has 0 saturated heterocycles. The van der Waals surface area contributed by atoms with Crippen molar-refractivity contribution in [1.82, 2.24) is 15.1 Å². The third kappa shape index (κ3) is 4.37. The van der Waals surface area contributed by atoms with Crippen LogP contribution in [-0.4, -0.2) is 34.9 Å². The van der Waals surface area contributed by atoms with Crippen LogP contribution in [0.2, 0.25) is 0 Å². The van der Waals surface area contributed by atoms with E-state index in [-0.39, 0.29) is 11.5 Å². The van der Waals surface area contributed by atoms with Gasteiger partial charge in [0.25, 0.3) is 0 Å². The van der Waals surface area contributed by atoms with Crippen molar-refractivity contribution < 1.29 is 14.0 Å². The molecule has 0 aliphatic heterocycles. The first-order valence-electron chi connectivity index (χ1n) is 8.88. The Morgan fingerprint density at radius 2 is 2.08 bits per heavy atom. The lowest BCUT2D eigenvalue weighted by Crippen LogP contribution is -2.15. The SMILES string of the molecule is COCCC(C)Oc1cc(-c2noc(C(C)(C)C)n2)ncc1C1CC1. The number of pyridine rings is 1. The monoisotopic (exact) mass is 345 g/mol. The van der Waals surface area contributed by atoms with Crippen LogP contribution in [0.4, 0.5) is 0 Å². The van der Waals surface area contributed by atoms with Gasteiger partial charge in [0.05, 0.1) is 6.10 Å². The van der Waals surface area contributed by atoms with E-state index in [1.165, 1.54) is 18.4 Å². The molecular formula is C19H27N3O3. The maximum absolute atomic E-state index is 6.18. The molecule has 6 heteroatoms. The molecule has 136 valence electrons. The van der Waals surface area contributed by atoms with Crippen molar-refractivity contribution in [3.63, 3.8) is 0 Å². The molecule has 1 saturated carbocycles. The third-order valence-corrected chi connectivity index (χ3v) is 4.27. The smallest absolute Gasteiger partial charge is 0.232 e. The Balaban J connectivity index is 1.86. The van der Waals surface area contributed by atoms with Crippen LogP contribution in [0, 0.1) is 0 Å². The molecule has 1 fully saturated rings. The van der Waals surface area contributed by atoms with Crippen molar-refractivity contribution >= 4 is 0 Å². The lowest BCUT2D eigenvalue weighted by atomic mass is 9.97. The number of hydrogen-bond donors (Lipinski definition) is 0. The molecule has 2 aromatic heterocycles. The summed E-state index contributed by atoms with van der Waals surface area (Å²) >= 11 is 0. The first kappa shape index (κ1) is 17.9. The Morgan fingerprint density at radius 3 is 2.68 bits per heavy atom. The van der Waals surface area contributed by atoms with Crippen molar-refractivity contribution in [3.8, 4) is 17.3 Å². The first-order valence-corrected chi connectivity index (χ1v) is 8.88. The highest BCUT2D eigenvalue weighted by molar-refractivity contribution is 5.54. The van der Waals surface area contributed by atoms with Gasteiger partial charge >= 0.3 is 0 Å². The standard InChI is InChI=1S/C19H27N3O3/c1-12(8-9-23-5)24-16-10-15(20-11-14(16)13-6-7-13)17-21-18(25-22-17)19(2,3)4/h10-13H,6-9H2,1-5H3. The molecule has 3 rings (SSSR count). The van der Waals surface area contributed by atoms with Gasteiger partial charge in [0.2, 0.25) is 11.7 Å². The lowest BCUT2D eigenvalue weighted by molar-refractivity contribution is 0.134. The highest BCUT2D eigenvalue weighted by Gasteiger charge is 2.29. The van der Waals surface area contributed by atoms with Gasteiger partial charge in [-0.2, -0.15) is 4.98 Å². The minimum atomic E-state index is -0.187. The third-order valence-electron chi connectivity index (χ3n) is 4.27. The van der Waals surface area contributed by atoms with E-state index in [2.05, 4.69) is 22.0 Å². The van der Waals surface area contributed by atoms with Gasteiger partial charge in [0.1, 0.15) is 11.4 Å². The van der Waals surface area contributed by atoms with E-state index in [9.17, 15) is 0 Å². The second-order valence-corrected chi connectivity index (χ2v) is 7.76. The molecule has 0 spiro atoms. The van der Waals surface area contributed by atoms with E-state index in [4.69, 9.17) is 14.0 Å². The van der Waals surface area contributed by atoms with Crippen molar-refractivity contribution in [1.29, 1.82) is 0 Å². The van der Waals surface area contributed by atoms with E-state index in [1.807, 2.05) is 33.0 Å². The minimum absolute atomic E-state index is 0.0723. The summed E-state index contributed by atoms with van der Waals surface area (Å²) in [7, 11) is 1.70. The Morgan fingerprint density at radius 1 is 1.32 bits per heavy atom. The second-order valence-electron chi connectivity index (χ2n) is 7.76. The van der Waals surface area contributed by atoms with E-state index in [0.29, 0.717) is 29.9 Å². The zero-order chi connectivity index (χ0) is 18.0. The zero-order valence-electron chi connectivity index (χ0n) is 15.7. The summed E-state index contributed by atoms with van der Waals surface area (Å²) in [5.74, 6) is 2.54. The van der Waals surface area contributed by atoms with Crippen molar-refractivity contribution in [2.24, 2.45) is 0 Å². The first-order chi connectivity index (χ1) is 11.9. The summed E-state index contributed by atoms with van der Waals surface area (Å²) < 4.78 is 16.7. The van der Waals surface area contributed by atoms with Gasteiger partial charge in [0, 0.05) is 43.4 Å². The average Bonchev–Trinajstić information content (AvgIpc) is 3.26. The summed E-state index contributed by atoms with van der Waals surface area (Å²) in [5, 5.41) is 4.09. The van der Waals surface area contributed by atoms with Crippen LogP contribution in [0.5, 0.6) is 5.75 Å². The fourth-order valence-electron chi connectivity index (χ4n) is 2.56. The highest BCUT2D eigenvalue weighted by Crippen LogP contribution is 2.45. The summed E-state index contributed by atoms with van der Waals surface area (Å²) in [6, 6.07) is 1.94. The van der Waals surface area contributed by atoms with Crippen LogP contribution in [0.15, 0.2) is 16.8 Å². The van der Waals surface area contributed by atoms with E-state index in [1.54, 1.807) is 7.11 Å². The maximum Gasteiger partial charge on any atom is 0.232 e. The molecule has 1 aliphatic carbocycles. The number of hydrogen-bond acceptors (Lipinski definition) is 6. The summed E-state index contributed by atoms with van der Waals surface area (Å²) in [6.45, 7) is 8.86. The van der Waals surface area contributed by atoms with E-state index < -0.39 is 0 Å². The van der Waals surface area contributed by atoms with Crippen LogP contribution in [-0.2, 0) is 10.2 Å². The predicted molar refractivity (Wildman–Crippen MR) is 94.8 cm³/mol. The van der Waals surface area contributed by atoms with E-state index in [0.717, 1.165) is 12.2 Å². The molecule has 0 amide bonds. The Hall–Kier alpha value is -1.95. The molecule has 1 aliphatic rings. The number of ether oxygens (including phenoxy) is 2. The van der Waals surface area contributed by atoms with Crippen LogP contribution in [0.25, 0.3) is 11.5 Å². The van der Waals surface area contributed by atoms with Gasteiger partial charge in [0.15, 0.2) is 0 Å². The van der Waals surface area contributed by atoms with Crippen molar-refractivity contribution in [3.05, 3.63) is 23.7 Å². The normalized spacial score (nSPS) is 16.0. The lowest BCUT2D eigenvalue weighted by Gasteiger charge is -2.17. The number of methoxy groups -OCH3 is 1. The van der Waals surface area contributed by atoms with Gasteiger partial charge in [-0.15, -0.1) is 0 Å². The topological polar surface area (TPSA) is 70.3 Å². The van der Waals surface area contributed by atoms with Crippen molar-refractivity contribution in [2.75, 3.05) is 13.7 Å². The predicted octanol–water partition coefficient (Wildman–Crippen LogP) is 4.11. The molecule has 6 nitrogen and oxygen atoms in total. The zero-order valence-corrected chi connectivity index (χ0v) is 15.7. The maximum atomic E-state index is 6.18. The molecule has 0 radical (unpaired) electrons. The van der Waals surface area contributed by atoms with Gasteiger partial charge in [-0.3, -0.25) is 4.98 Å². The molecule has 2 heterocycles. The van der Waals surface area contributed by atoms with Gasteiger partial charge < -0.3 is 14.0 Å². The van der Waals surface area contributed by atoms with Crippen LogP contribution in [0.3, 0.4) is 0 Å². The van der Waals surface area contributed by atoms with Gasteiger partial charge in [-0.25, -0.2) is 0 Å². The summed E-state index contributed by atoms with van der Waals surface area (Å²) in [5.41, 5.74) is 1.66. The van der Waals surface area contributed by atoms with Crippen molar-refractivity contribution in [2.45, 2.75) is 64.4 Å². The second kappa shape index (κ2) is 7.12. The Bertz CT molecular complexity index is 717. The van der Waals surface area contributed by atoms with Crippen LogP contribution < -0.4 is 4.74 Å². The van der Waals surface area contributed by atoms with E-state index >= 15 is 0 Å². The van der Waals surface area contributed by atoms with Crippen LogP contribution in [0.1, 0.15) is 64.3 Å².